The number of aliphatic hydroxyl groups is 1. The van der Waals surface area contributed by atoms with E-state index in [1.54, 1.807) is 6.08 Å². The topological polar surface area (TPSA) is 20.2 Å². The molecule has 124 valence electrons. The zero-order valence-corrected chi connectivity index (χ0v) is 14.6. The molecule has 1 unspecified atom stereocenters. The van der Waals surface area contributed by atoms with Gasteiger partial charge in [0.2, 0.25) is 0 Å². The zero-order chi connectivity index (χ0) is 15.8. The molecule has 0 heterocycles. The van der Waals surface area contributed by atoms with Crippen molar-refractivity contribution in [2.24, 2.45) is 17.3 Å². The van der Waals surface area contributed by atoms with Gasteiger partial charge >= 0.3 is 0 Å². The van der Waals surface area contributed by atoms with Gasteiger partial charge < -0.3 is 5.11 Å². The molecule has 0 spiro atoms. The first-order chi connectivity index (χ1) is 10.6. The maximum absolute atomic E-state index is 9.69. The second-order valence-corrected chi connectivity index (χ2v) is 7.73. The van der Waals surface area contributed by atoms with Crippen molar-refractivity contribution in [2.45, 2.75) is 78.1 Å². The van der Waals surface area contributed by atoms with E-state index in [0.717, 1.165) is 5.92 Å². The third-order valence-electron chi connectivity index (χ3n) is 5.67. The largest absolute Gasteiger partial charge is 0.508 e. The highest BCUT2D eigenvalue weighted by Crippen LogP contribution is 2.41. The Balaban J connectivity index is 0.000000211. The van der Waals surface area contributed by atoms with Crippen LogP contribution in [0.3, 0.4) is 0 Å². The van der Waals surface area contributed by atoms with E-state index in [-0.39, 0.29) is 5.41 Å². The van der Waals surface area contributed by atoms with Crippen LogP contribution in [0.5, 0.6) is 0 Å². The Labute approximate surface area is 137 Å². The zero-order valence-electron chi connectivity index (χ0n) is 14.6. The van der Waals surface area contributed by atoms with Gasteiger partial charge in [0.05, 0.1) is 0 Å². The van der Waals surface area contributed by atoms with E-state index in [2.05, 4.69) is 26.0 Å². The number of allylic oxidation sites excluding steroid dienone is 5. The first kappa shape index (κ1) is 17.4. The number of hydrogen-bond donors (Lipinski definition) is 1. The summed E-state index contributed by atoms with van der Waals surface area (Å²) in [5, 5.41) is 9.69. The molecule has 2 fully saturated rings. The van der Waals surface area contributed by atoms with Gasteiger partial charge in [-0.3, -0.25) is 0 Å². The van der Waals surface area contributed by atoms with E-state index in [0.29, 0.717) is 11.7 Å². The third kappa shape index (κ3) is 5.34. The van der Waals surface area contributed by atoms with Crippen LogP contribution in [0.15, 0.2) is 36.1 Å². The Bertz CT molecular complexity index is 406. The van der Waals surface area contributed by atoms with Crippen LogP contribution >= 0.6 is 0 Å². The van der Waals surface area contributed by atoms with Gasteiger partial charge in [-0.1, -0.05) is 83.4 Å². The van der Waals surface area contributed by atoms with Crippen molar-refractivity contribution in [1.82, 2.24) is 0 Å². The molecule has 1 nitrogen and oxygen atoms in total. The van der Waals surface area contributed by atoms with Crippen molar-refractivity contribution < 1.29 is 5.11 Å². The van der Waals surface area contributed by atoms with Crippen molar-refractivity contribution >= 4 is 0 Å². The molecule has 2 saturated carbocycles. The lowest BCUT2D eigenvalue weighted by Crippen LogP contribution is -2.25. The minimum absolute atomic E-state index is 0.0496. The minimum atomic E-state index is 0.0496. The average molecular weight is 303 g/mol. The van der Waals surface area contributed by atoms with Crippen LogP contribution in [0, 0.1) is 17.3 Å². The van der Waals surface area contributed by atoms with Crippen LogP contribution in [0.2, 0.25) is 0 Å². The molecule has 1 heteroatoms. The van der Waals surface area contributed by atoms with Gasteiger partial charge in [0.1, 0.15) is 5.76 Å². The summed E-state index contributed by atoms with van der Waals surface area (Å²) < 4.78 is 0. The van der Waals surface area contributed by atoms with E-state index < -0.39 is 0 Å². The molecule has 0 saturated heterocycles. The summed E-state index contributed by atoms with van der Waals surface area (Å²) >= 11 is 0. The van der Waals surface area contributed by atoms with E-state index >= 15 is 0 Å². The van der Waals surface area contributed by atoms with E-state index in [9.17, 15) is 5.11 Å². The van der Waals surface area contributed by atoms with Crippen LogP contribution in [-0.2, 0) is 0 Å². The molecule has 0 aromatic carbocycles. The number of aliphatic hydroxyl groups excluding tert-OH is 1. The Morgan fingerprint density at radius 3 is 2.05 bits per heavy atom. The fourth-order valence-corrected chi connectivity index (χ4v) is 4.12. The number of hydrogen-bond acceptors (Lipinski definition) is 1. The first-order valence-corrected chi connectivity index (χ1v) is 9.38. The fourth-order valence-electron chi connectivity index (χ4n) is 4.12. The molecule has 0 aromatic rings. The normalized spacial score (nSPS) is 30.2. The molecule has 3 rings (SSSR count). The maximum Gasteiger partial charge on any atom is 0.112 e. The second-order valence-electron chi connectivity index (χ2n) is 7.73. The lowest BCUT2D eigenvalue weighted by molar-refractivity contribution is 0.233. The molecular formula is C21H34O. The highest BCUT2D eigenvalue weighted by molar-refractivity contribution is 5.28. The summed E-state index contributed by atoms with van der Waals surface area (Å²) in [4.78, 5) is 0. The van der Waals surface area contributed by atoms with Crippen LogP contribution in [0.1, 0.15) is 78.1 Å². The van der Waals surface area contributed by atoms with Crippen LogP contribution in [0.4, 0.5) is 0 Å². The number of rotatable bonds is 1. The Morgan fingerprint density at radius 1 is 0.909 bits per heavy atom. The maximum atomic E-state index is 9.69. The average Bonchev–Trinajstić information content (AvgIpc) is 2.71. The molecule has 1 atom stereocenters. The molecule has 22 heavy (non-hydrogen) atoms. The summed E-state index contributed by atoms with van der Waals surface area (Å²) in [6.45, 7) is 4.60. The van der Waals surface area contributed by atoms with Crippen molar-refractivity contribution in [3.63, 3.8) is 0 Å². The molecule has 0 amide bonds. The van der Waals surface area contributed by atoms with E-state index in [1.807, 2.05) is 12.2 Å². The van der Waals surface area contributed by atoms with Gasteiger partial charge in [-0.15, -0.1) is 0 Å². The summed E-state index contributed by atoms with van der Waals surface area (Å²) in [6, 6.07) is 0. The summed E-state index contributed by atoms with van der Waals surface area (Å²) in [5.41, 5.74) is 0.0496. The van der Waals surface area contributed by atoms with Crippen LogP contribution in [0.25, 0.3) is 0 Å². The predicted octanol–water partition coefficient (Wildman–Crippen LogP) is 6.73. The Kier molecular flexibility index (Phi) is 6.79. The van der Waals surface area contributed by atoms with E-state index in [4.69, 9.17) is 0 Å². The molecular weight excluding hydrogens is 268 g/mol. The van der Waals surface area contributed by atoms with Crippen LogP contribution in [-0.4, -0.2) is 5.11 Å². The van der Waals surface area contributed by atoms with Gasteiger partial charge in [0.25, 0.3) is 0 Å². The van der Waals surface area contributed by atoms with Crippen molar-refractivity contribution in [1.29, 1.82) is 0 Å². The highest BCUT2D eigenvalue weighted by Gasteiger charge is 2.31. The smallest absolute Gasteiger partial charge is 0.112 e. The standard InChI is InChI=1S/C14H20O.C7H14/c1-14(12-7-3-2-4-8-12)10-6-5-9-13(15)11-14;1-7-5-3-2-4-6-7/h5-6,9-12,15H,2-4,7-8H2,1H3;7H,2-6H2,1H3. The first-order valence-electron chi connectivity index (χ1n) is 9.38. The predicted molar refractivity (Wildman–Crippen MR) is 95.9 cm³/mol. The molecule has 1 N–H and O–H groups in total. The monoisotopic (exact) mass is 302 g/mol. The second kappa shape index (κ2) is 8.60. The van der Waals surface area contributed by atoms with Gasteiger partial charge in [0, 0.05) is 5.41 Å². The summed E-state index contributed by atoms with van der Waals surface area (Å²) in [7, 11) is 0. The fraction of sp³-hybridized carbons (Fsp3) is 0.714. The van der Waals surface area contributed by atoms with Crippen molar-refractivity contribution in [3.8, 4) is 0 Å². The minimum Gasteiger partial charge on any atom is -0.508 e. The lowest BCUT2D eigenvalue weighted by Gasteiger charge is -2.35. The van der Waals surface area contributed by atoms with Crippen molar-refractivity contribution in [3.05, 3.63) is 36.1 Å². The third-order valence-corrected chi connectivity index (χ3v) is 5.67. The summed E-state index contributed by atoms with van der Waals surface area (Å²) in [5.74, 6) is 2.14. The summed E-state index contributed by atoms with van der Waals surface area (Å²) in [6.07, 6.45) is 24.1. The Morgan fingerprint density at radius 2 is 1.50 bits per heavy atom. The molecule has 3 aliphatic rings. The van der Waals surface area contributed by atoms with Crippen molar-refractivity contribution in [2.75, 3.05) is 0 Å². The van der Waals surface area contributed by atoms with Gasteiger partial charge in [-0.2, -0.15) is 0 Å². The van der Waals surface area contributed by atoms with Gasteiger partial charge in [-0.25, -0.2) is 0 Å². The highest BCUT2D eigenvalue weighted by atomic mass is 16.3. The SMILES string of the molecule is CC1(C2CCCCC2)C=CC=CC(O)=C1.CC1CCCCC1. The molecule has 0 radical (unpaired) electrons. The lowest BCUT2D eigenvalue weighted by atomic mass is 9.69. The quantitative estimate of drug-likeness (QED) is 0.569. The molecule has 3 aliphatic carbocycles. The Hall–Kier alpha value is -0.980. The molecule has 0 aromatic heterocycles. The van der Waals surface area contributed by atoms with Crippen LogP contribution < -0.4 is 0 Å². The van der Waals surface area contributed by atoms with Gasteiger partial charge in [0.15, 0.2) is 0 Å². The van der Waals surface area contributed by atoms with Gasteiger partial charge in [-0.05, 0) is 36.8 Å². The van der Waals surface area contributed by atoms with E-state index in [1.165, 1.54) is 64.2 Å². The molecule has 0 aliphatic heterocycles. The molecule has 0 bridgehead atoms.